The lowest BCUT2D eigenvalue weighted by molar-refractivity contribution is 0.150. The Hall–Kier alpha value is -1.27. The molecule has 0 N–H and O–H groups in total. The zero-order valence-corrected chi connectivity index (χ0v) is 18.5. The number of ether oxygens (including phenoxy) is 1. The second-order valence-electron chi connectivity index (χ2n) is 6.75. The first kappa shape index (κ1) is 20.5. The molecular weight excluding hydrogens is 420 g/mol. The van der Waals surface area contributed by atoms with Crippen molar-refractivity contribution >= 4 is 37.5 Å². The average molecular weight is 447 g/mol. The third-order valence-corrected chi connectivity index (χ3v) is 6.24. The van der Waals surface area contributed by atoms with Gasteiger partial charge in [-0.2, -0.15) is 4.37 Å². The third kappa shape index (κ3) is 5.61. The predicted molar refractivity (Wildman–Crippen MR) is 120 cm³/mol. The predicted octanol–water partition coefficient (Wildman–Crippen LogP) is 6.02. The van der Waals surface area contributed by atoms with E-state index in [0.717, 1.165) is 42.8 Å². The second-order valence-corrected chi connectivity index (χ2v) is 8.47. The Balaban J connectivity index is 1.58. The number of hydrogen-bond acceptors (Lipinski definition) is 4. The number of halogens is 1. The summed E-state index contributed by atoms with van der Waals surface area (Å²) < 4.78 is 12.3. The molecule has 1 heterocycles. The third-order valence-electron chi connectivity index (χ3n) is 4.90. The maximum atomic E-state index is 5.18. The van der Waals surface area contributed by atoms with E-state index in [2.05, 4.69) is 70.2 Å². The number of benzene rings is 2. The zero-order chi connectivity index (χ0) is 19.1. The largest absolute Gasteiger partial charge is 0.383 e. The SMILES string of the molecule is CCN(CCCCc1ccc2c(-c3ccc(Br)cc3)nsc2c1)CCOC. The number of rotatable bonds is 10. The van der Waals surface area contributed by atoms with Crippen molar-refractivity contribution in [3.63, 3.8) is 0 Å². The summed E-state index contributed by atoms with van der Waals surface area (Å²) >= 11 is 5.10. The lowest BCUT2D eigenvalue weighted by Crippen LogP contribution is -2.28. The maximum absolute atomic E-state index is 5.18. The number of unbranched alkanes of at least 4 members (excludes halogenated alkanes) is 1. The summed E-state index contributed by atoms with van der Waals surface area (Å²) in [5.41, 5.74) is 3.67. The van der Waals surface area contributed by atoms with Crippen LogP contribution in [0.1, 0.15) is 25.3 Å². The Bertz CT molecular complexity index is 847. The van der Waals surface area contributed by atoms with Crippen molar-refractivity contribution in [2.45, 2.75) is 26.2 Å². The van der Waals surface area contributed by atoms with Gasteiger partial charge < -0.3 is 9.64 Å². The number of aryl methyl sites for hydroxylation is 1. The molecule has 27 heavy (non-hydrogen) atoms. The molecule has 3 aromatic rings. The van der Waals surface area contributed by atoms with Gasteiger partial charge in [0.15, 0.2) is 0 Å². The van der Waals surface area contributed by atoms with Gasteiger partial charge in [0, 0.05) is 29.1 Å². The lowest BCUT2D eigenvalue weighted by atomic mass is 10.0. The van der Waals surface area contributed by atoms with Crippen LogP contribution in [0.2, 0.25) is 0 Å². The monoisotopic (exact) mass is 446 g/mol. The molecular formula is C22H27BrN2OS. The van der Waals surface area contributed by atoms with Crippen molar-refractivity contribution in [1.82, 2.24) is 9.27 Å². The summed E-state index contributed by atoms with van der Waals surface area (Å²) in [7, 11) is 1.77. The fourth-order valence-corrected chi connectivity index (χ4v) is 4.39. The summed E-state index contributed by atoms with van der Waals surface area (Å²) in [6, 6.07) is 15.2. The molecule has 144 valence electrons. The van der Waals surface area contributed by atoms with Crippen LogP contribution in [-0.4, -0.2) is 42.6 Å². The van der Waals surface area contributed by atoms with Gasteiger partial charge in [-0.15, -0.1) is 0 Å². The van der Waals surface area contributed by atoms with Crippen LogP contribution in [0.5, 0.6) is 0 Å². The Morgan fingerprint density at radius 2 is 1.89 bits per heavy atom. The lowest BCUT2D eigenvalue weighted by Gasteiger charge is -2.19. The van der Waals surface area contributed by atoms with Gasteiger partial charge in [0.25, 0.3) is 0 Å². The minimum atomic E-state index is 0.816. The minimum Gasteiger partial charge on any atom is -0.383 e. The van der Waals surface area contributed by atoms with Gasteiger partial charge in [-0.05, 0) is 67.6 Å². The van der Waals surface area contributed by atoms with Gasteiger partial charge in [0.05, 0.1) is 17.0 Å². The molecule has 3 rings (SSSR count). The molecule has 0 atom stereocenters. The maximum Gasteiger partial charge on any atom is 0.0919 e. The molecule has 2 aromatic carbocycles. The summed E-state index contributed by atoms with van der Waals surface area (Å²) in [5, 5.41) is 1.25. The molecule has 0 fully saturated rings. The fraction of sp³-hybridized carbons (Fsp3) is 0.409. The van der Waals surface area contributed by atoms with Crippen LogP contribution in [0, 0.1) is 0 Å². The van der Waals surface area contributed by atoms with Crippen LogP contribution in [0.15, 0.2) is 46.9 Å². The van der Waals surface area contributed by atoms with E-state index in [0.29, 0.717) is 0 Å². The summed E-state index contributed by atoms with van der Waals surface area (Å²) in [5.74, 6) is 0. The Morgan fingerprint density at radius 3 is 2.63 bits per heavy atom. The first-order valence-electron chi connectivity index (χ1n) is 9.56. The standard InChI is InChI=1S/C22H27BrN2OS/c1-3-25(14-15-26-2)13-5-4-6-17-7-12-20-21(16-17)27-24-22(20)18-8-10-19(23)11-9-18/h7-12,16H,3-6,13-15H2,1-2H3. The number of hydrogen-bond donors (Lipinski definition) is 0. The molecule has 0 radical (unpaired) electrons. The Morgan fingerprint density at radius 1 is 1.07 bits per heavy atom. The zero-order valence-electron chi connectivity index (χ0n) is 16.1. The molecule has 0 bridgehead atoms. The minimum absolute atomic E-state index is 0.816. The van der Waals surface area contributed by atoms with Crippen molar-refractivity contribution < 1.29 is 4.74 Å². The number of methoxy groups -OCH3 is 1. The van der Waals surface area contributed by atoms with Gasteiger partial charge in [0.2, 0.25) is 0 Å². The van der Waals surface area contributed by atoms with Gasteiger partial charge in [0.1, 0.15) is 0 Å². The molecule has 5 heteroatoms. The highest BCUT2D eigenvalue weighted by molar-refractivity contribution is 9.10. The first-order chi connectivity index (χ1) is 13.2. The molecule has 0 spiro atoms. The van der Waals surface area contributed by atoms with E-state index in [4.69, 9.17) is 9.11 Å². The van der Waals surface area contributed by atoms with Gasteiger partial charge in [-0.1, -0.05) is 47.1 Å². The second kappa shape index (κ2) is 10.3. The van der Waals surface area contributed by atoms with E-state index in [1.807, 2.05) is 0 Å². The number of fused-ring (bicyclic) bond motifs is 1. The molecule has 0 saturated heterocycles. The van der Waals surface area contributed by atoms with Crippen LogP contribution < -0.4 is 0 Å². The quantitative estimate of drug-likeness (QED) is 0.356. The van der Waals surface area contributed by atoms with Crippen molar-refractivity contribution in [3.05, 3.63) is 52.5 Å². The van der Waals surface area contributed by atoms with Crippen LogP contribution in [0.25, 0.3) is 21.3 Å². The number of aromatic nitrogens is 1. The molecule has 1 aromatic heterocycles. The summed E-state index contributed by atoms with van der Waals surface area (Å²) in [6.07, 6.45) is 3.57. The molecule has 0 amide bonds. The number of nitrogens with zero attached hydrogens (tertiary/aromatic N) is 2. The Kier molecular flexibility index (Phi) is 7.82. The van der Waals surface area contributed by atoms with Gasteiger partial charge in [-0.3, -0.25) is 0 Å². The highest BCUT2D eigenvalue weighted by atomic mass is 79.9. The average Bonchev–Trinajstić information content (AvgIpc) is 3.11. The van der Waals surface area contributed by atoms with Crippen LogP contribution in [0.4, 0.5) is 0 Å². The fourth-order valence-electron chi connectivity index (χ4n) is 3.27. The van der Waals surface area contributed by atoms with E-state index >= 15 is 0 Å². The highest BCUT2D eigenvalue weighted by Gasteiger charge is 2.09. The van der Waals surface area contributed by atoms with E-state index in [1.165, 1.54) is 34.1 Å². The van der Waals surface area contributed by atoms with Crippen LogP contribution in [-0.2, 0) is 11.2 Å². The van der Waals surface area contributed by atoms with Gasteiger partial charge >= 0.3 is 0 Å². The molecule has 0 aliphatic carbocycles. The molecule has 0 aliphatic rings. The van der Waals surface area contributed by atoms with Crippen LogP contribution >= 0.6 is 27.5 Å². The normalized spacial score (nSPS) is 11.6. The first-order valence-corrected chi connectivity index (χ1v) is 11.1. The van der Waals surface area contributed by atoms with E-state index in [1.54, 1.807) is 18.6 Å². The van der Waals surface area contributed by atoms with Crippen LogP contribution in [0.3, 0.4) is 0 Å². The smallest absolute Gasteiger partial charge is 0.0919 e. The molecule has 3 nitrogen and oxygen atoms in total. The molecule has 0 unspecified atom stereocenters. The van der Waals surface area contributed by atoms with Crippen molar-refractivity contribution in [3.8, 4) is 11.3 Å². The number of likely N-dealkylation sites (N-methyl/N-ethyl adjacent to an activating group) is 1. The van der Waals surface area contributed by atoms with Crippen molar-refractivity contribution in [2.24, 2.45) is 0 Å². The topological polar surface area (TPSA) is 25.4 Å². The van der Waals surface area contributed by atoms with Gasteiger partial charge in [-0.25, -0.2) is 0 Å². The highest BCUT2D eigenvalue weighted by Crippen LogP contribution is 2.32. The Labute approximate surface area is 174 Å². The molecule has 0 aliphatic heterocycles. The summed E-state index contributed by atoms with van der Waals surface area (Å²) in [4.78, 5) is 2.46. The molecule has 0 saturated carbocycles. The van der Waals surface area contributed by atoms with Crippen molar-refractivity contribution in [2.75, 3.05) is 33.4 Å². The van der Waals surface area contributed by atoms with E-state index in [9.17, 15) is 0 Å². The summed E-state index contributed by atoms with van der Waals surface area (Å²) in [6.45, 7) is 6.30. The van der Waals surface area contributed by atoms with Crippen molar-refractivity contribution in [1.29, 1.82) is 0 Å². The van der Waals surface area contributed by atoms with E-state index < -0.39 is 0 Å². The van der Waals surface area contributed by atoms with E-state index in [-0.39, 0.29) is 0 Å².